The van der Waals surface area contributed by atoms with E-state index in [1.165, 1.54) is 6.29 Å². The Hall–Kier alpha value is -1.22. The van der Waals surface area contributed by atoms with Crippen molar-refractivity contribution in [3.05, 3.63) is 23.8 Å². The molecule has 0 heterocycles. The second-order valence-corrected chi connectivity index (χ2v) is 8.13. The maximum atomic E-state index is 11.7. The molecule has 4 aliphatic carbocycles. The summed E-state index contributed by atoms with van der Waals surface area (Å²) in [5.74, 6) is 1.62. The highest BCUT2D eigenvalue weighted by Gasteiger charge is 2.60. The highest BCUT2D eigenvalue weighted by Crippen LogP contribution is 2.62. The molecule has 4 rings (SSSR count). The van der Waals surface area contributed by atoms with E-state index in [1.54, 1.807) is 0 Å². The van der Waals surface area contributed by atoms with Gasteiger partial charge in [0.1, 0.15) is 6.29 Å². The summed E-state index contributed by atoms with van der Waals surface area (Å²) >= 11 is 0. The van der Waals surface area contributed by atoms with Crippen molar-refractivity contribution in [2.45, 2.75) is 51.0 Å². The highest BCUT2D eigenvalue weighted by atomic mass is 16.1. The molecule has 118 valence electrons. The summed E-state index contributed by atoms with van der Waals surface area (Å²) in [7, 11) is 0. The molecule has 3 heteroatoms. The van der Waals surface area contributed by atoms with E-state index in [9.17, 15) is 9.59 Å². The molecule has 4 aliphatic rings. The van der Waals surface area contributed by atoms with Gasteiger partial charge in [0, 0.05) is 23.8 Å². The lowest BCUT2D eigenvalue weighted by molar-refractivity contribution is -0.118. The average Bonchev–Trinajstić information content (AvgIpc) is 2.83. The number of aldehydes is 1. The molecule has 0 radical (unpaired) electrons. The van der Waals surface area contributed by atoms with E-state index >= 15 is 0 Å². The van der Waals surface area contributed by atoms with Crippen molar-refractivity contribution >= 4 is 12.1 Å². The molecule has 6 unspecified atom stereocenters. The molecule has 0 spiro atoms. The number of fused-ring (bicyclic) bond motifs is 5. The average molecular weight is 299 g/mol. The Balaban J connectivity index is 1.75. The molecule has 2 saturated carbocycles. The molecule has 0 amide bonds. The SMILES string of the molecule is CC12CCC3(N)C4CCC(=O)C=C4C=CC3C1CCC2C=O. The first-order chi connectivity index (χ1) is 10.5. The minimum absolute atomic E-state index is 0.116. The number of ketones is 1. The molecule has 0 aromatic carbocycles. The summed E-state index contributed by atoms with van der Waals surface area (Å²) in [4.78, 5) is 23.2. The fraction of sp³-hybridized carbons (Fsp3) is 0.684. The number of hydrogen-bond acceptors (Lipinski definition) is 3. The van der Waals surface area contributed by atoms with Crippen molar-refractivity contribution in [3.63, 3.8) is 0 Å². The Labute approximate surface area is 132 Å². The van der Waals surface area contributed by atoms with E-state index in [2.05, 4.69) is 19.1 Å². The quantitative estimate of drug-likeness (QED) is 0.757. The minimum atomic E-state index is -0.219. The third-order valence-corrected chi connectivity index (χ3v) is 7.35. The van der Waals surface area contributed by atoms with Crippen molar-refractivity contribution in [2.24, 2.45) is 34.8 Å². The van der Waals surface area contributed by atoms with Gasteiger partial charge in [-0.3, -0.25) is 4.79 Å². The summed E-state index contributed by atoms with van der Waals surface area (Å²) < 4.78 is 0. The van der Waals surface area contributed by atoms with Crippen molar-refractivity contribution in [3.8, 4) is 0 Å². The van der Waals surface area contributed by atoms with Gasteiger partial charge >= 0.3 is 0 Å². The first-order valence-corrected chi connectivity index (χ1v) is 8.66. The summed E-state index contributed by atoms with van der Waals surface area (Å²) in [6.07, 6.45) is 13.1. The molecule has 2 N–H and O–H groups in total. The third kappa shape index (κ3) is 1.72. The van der Waals surface area contributed by atoms with Gasteiger partial charge in [0.25, 0.3) is 0 Å². The van der Waals surface area contributed by atoms with Crippen LogP contribution in [0.5, 0.6) is 0 Å². The van der Waals surface area contributed by atoms with E-state index in [0.717, 1.165) is 37.7 Å². The lowest BCUT2D eigenvalue weighted by Gasteiger charge is -2.57. The van der Waals surface area contributed by atoms with Crippen LogP contribution in [0.4, 0.5) is 0 Å². The van der Waals surface area contributed by atoms with Gasteiger partial charge in [0.05, 0.1) is 0 Å². The van der Waals surface area contributed by atoms with E-state index in [0.29, 0.717) is 24.2 Å². The van der Waals surface area contributed by atoms with E-state index in [1.807, 2.05) is 6.08 Å². The van der Waals surface area contributed by atoms with Crippen molar-refractivity contribution < 1.29 is 9.59 Å². The Morgan fingerprint density at radius 2 is 2.09 bits per heavy atom. The van der Waals surface area contributed by atoms with Crippen molar-refractivity contribution in [2.75, 3.05) is 0 Å². The predicted molar refractivity (Wildman–Crippen MR) is 85.0 cm³/mol. The Kier molecular flexibility index (Phi) is 3.03. The number of allylic oxidation sites excluding steroid dienone is 2. The molecule has 0 aromatic rings. The highest BCUT2D eigenvalue weighted by molar-refractivity contribution is 5.92. The fourth-order valence-electron chi connectivity index (χ4n) is 5.99. The van der Waals surface area contributed by atoms with Gasteiger partial charge in [0.2, 0.25) is 0 Å². The lowest BCUT2D eigenvalue weighted by atomic mass is 9.50. The van der Waals surface area contributed by atoms with Crippen LogP contribution in [-0.4, -0.2) is 17.6 Å². The maximum absolute atomic E-state index is 11.7. The van der Waals surface area contributed by atoms with Crippen LogP contribution in [0.3, 0.4) is 0 Å². The molecule has 0 aliphatic heterocycles. The number of rotatable bonds is 1. The van der Waals surface area contributed by atoms with Crippen LogP contribution in [0.15, 0.2) is 23.8 Å². The van der Waals surface area contributed by atoms with Gasteiger partial charge in [0.15, 0.2) is 5.78 Å². The van der Waals surface area contributed by atoms with E-state index < -0.39 is 0 Å². The standard InChI is InChI=1S/C19H25NO2/c1-18-8-9-19(20)15-7-4-14(22)10-12(15)2-5-17(19)16(18)6-3-13(18)11-21/h2,5,10-11,13,15-17H,3-4,6-9,20H2,1H3. The number of hydrogen-bond donors (Lipinski definition) is 1. The van der Waals surface area contributed by atoms with Gasteiger partial charge in [-0.1, -0.05) is 19.1 Å². The van der Waals surface area contributed by atoms with Crippen molar-refractivity contribution in [1.29, 1.82) is 0 Å². The third-order valence-electron chi connectivity index (χ3n) is 7.35. The molecule has 3 nitrogen and oxygen atoms in total. The predicted octanol–water partition coefficient (Wildman–Crippen LogP) is 2.80. The van der Waals surface area contributed by atoms with Crippen molar-refractivity contribution in [1.82, 2.24) is 0 Å². The molecule has 22 heavy (non-hydrogen) atoms. The van der Waals surface area contributed by atoms with Crippen LogP contribution in [0.25, 0.3) is 0 Å². The van der Waals surface area contributed by atoms with E-state index in [-0.39, 0.29) is 22.7 Å². The van der Waals surface area contributed by atoms with Gasteiger partial charge in [-0.2, -0.15) is 0 Å². The normalized spacial score (nSPS) is 49.9. The molecule has 0 bridgehead atoms. The smallest absolute Gasteiger partial charge is 0.155 e. The second kappa shape index (κ2) is 4.64. The van der Waals surface area contributed by atoms with Crippen LogP contribution in [0.2, 0.25) is 0 Å². The Morgan fingerprint density at radius 3 is 2.86 bits per heavy atom. The molecule has 0 saturated heterocycles. The molecule has 2 fully saturated rings. The maximum Gasteiger partial charge on any atom is 0.155 e. The number of nitrogens with two attached hydrogens (primary N) is 1. The summed E-state index contributed by atoms with van der Waals surface area (Å²) in [5, 5.41) is 0. The van der Waals surface area contributed by atoms with Gasteiger partial charge in [-0.25, -0.2) is 0 Å². The minimum Gasteiger partial charge on any atom is -0.324 e. The summed E-state index contributed by atoms with van der Waals surface area (Å²) in [6.45, 7) is 2.30. The van der Waals surface area contributed by atoms with Gasteiger partial charge in [-0.05, 0) is 61.0 Å². The van der Waals surface area contributed by atoms with Crippen LogP contribution in [0, 0.1) is 29.1 Å². The zero-order chi connectivity index (χ0) is 15.5. The zero-order valence-corrected chi connectivity index (χ0v) is 13.3. The largest absolute Gasteiger partial charge is 0.324 e. The lowest BCUT2D eigenvalue weighted by Crippen LogP contribution is -2.62. The van der Waals surface area contributed by atoms with Gasteiger partial charge < -0.3 is 10.5 Å². The molecule has 0 aromatic heterocycles. The molecular formula is C19H25NO2. The number of carbonyl (C=O) groups is 2. The Morgan fingerprint density at radius 1 is 1.27 bits per heavy atom. The van der Waals surface area contributed by atoms with Crippen LogP contribution < -0.4 is 5.73 Å². The molecular weight excluding hydrogens is 274 g/mol. The first kappa shape index (κ1) is 14.4. The fourth-order valence-corrected chi connectivity index (χ4v) is 5.99. The van der Waals surface area contributed by atoms with Gasteiger partial charge in [-0.15, -0.1) is 0 Å². The first-order valence-electron chi connectivity index (χ1n) is 8.66. The second-order valence-electron chi connectivity index (χ2n) is 8.13. The van der Waals surface area contributed by atoms with Crippen LogP contribution in [0.1, 0.15) is 45.4 Å². The molecule has 6 atom stereocenters. The zero-order valence-electron chi connectivity index (χ0n) is 13.3. The monoisotopic (exact) mass is 299 g/mol. The van der Waals surface area contributed by atoms with E-state index in [4.69, 9.17) is 5.73 Å². The van der Waals surface area contributed by atoms with Crippen LogP contribution >= 0.6 is 0 Å². The summed E-state index contributed by atoms with van der Waals surface area (Å²) in [5.41, 5.74) is 8.01. The topological polar surface area (TPSA) is 60.2 Å². The number of carbonyl (C=O) groups excluding carboxylic acids is 2. The summed E-state index contributed by atoms with van der Waals surface area (Å²) in [6, 6.07) is 0. The van der Waals surface area contributed by atoms with Crippen LogP contribution in [-0.2, 0) is 9.59 Å². The Bertz CT molecular complexity index is 592.